The summed E-state index contributed by atoms with van der Waals surface area (Å²) in [6, 6.07) is 9.98. The fourth-order valence-corrected chi connectivity index (χ4v) is 2.85. The van der Waals surface area contributed by atoms with E-state index in [1.807, 2.05) is 30.3 Å². The third kappa shape index (κ3) is 3.70. The van der Waals surface area contributed by atoms with E-state index < -0.39 is 5.97 Å². The second kappa shape index (κ2) is 6.71. The van der Waals surface area contributed by atoms with Crippen LogP contribution in [-0.4, -0.2) is 17.2 Å². The van der Waals surface area contributed by atoms with E-state index in [-0.39, 0.29) is 17.6 Å². The molecule has 0 radical (unpaired) electrons. The van der Waals surface area contributed by atoms with Crippen LogP contribution in [0.2, 0.25) is 0 Å². The Labute approximate surface area is 120 Å². The van der Waals surface area contributed by atoms with Crippen LogP contribution in [0, 0.1) is 11.8 Å². The SMILES string of the molecule is C=C(C(=O)O)[C@@H]1CC[C@@H](C)C[C@H]1OCc1ccccc1. The van der Waals surface area contributed by atoms with Gasteiger partial charge in [0.2, 0.25) is 0 Å². The first kappa shape index (κ1) is 14.8. The average Bonchev–Trinajstić information content (AvgIpc) is 2.45. The summed E-state index contributed by atoms with van der Waals surface area (Å²) in [7, 11) is 0. The number of hydrogen-bond acceptors (Lipinski definition) is 2. The van der Waals surface area contributed by atoms with Crippen LogP contribution in [0.5, 0.6) is 0 Å². The molecule has 1 saturated carbocycles. The first-order valence-electron chi connectivity index (χ1n) is 7.15. The van der Waals surface area contributed by atoms with E-state index in [4.69, 9.17) is 9.84 Å². The van der Waals surface area contributed by atoms with Crippen molar-refractivity contribution in [1.29, 1.82) is 0 Å². The number of aliphatic carboxylic acids is 1. The van der Waals surface area contributed by atoms with Crippen LogP contribution >= 0.6 is 0 Å². The molecule has 1 aliphatic rings. The lowest BCUT2D eigenvalue weighted by atomic mass is 9.77. The molecule has 0 unspecified atom stereocenters. The van der Waals surface area contributed by atoms with Crippen molar-refractivity contribution >= 4 is 5.97 Å². The summed E-state index contributed by atoms with van der Waals surface area (Å²) < 4.78 is 6.00. The van der Waals surface area contributed by atoms with Crippen molar-refractivity contribution in [2.45, 2.75) is 38.9 Å². The lowest BCUT2D eigenvalue weighted by molar-refractivity contribution is -0.134. The van der Waals surface area contributed by atoms with Gasteiger partial charge in [0, 0.05) is 11.5 Å². The highest BCUT2D eigenvalue weighted by molar-refractivity contribution is 5.86. The molecule has 0 aromatic heterocycles. The Morgan fingerprint density at radius 3 is 2.70 bits per heavy atom. The summed E-state index contributed by atoms with van der Waals surface area (Å²) in [4.78, 5) is 11.1. The summed E-state index contributed by atoms with van der Waals surface area (Å²) in [5.74, 6) is -0.390. The molecule has 0 aliphatic heterocycles. The van der Waals surface area contributed by atoms with Gasteiger partial charge in [-0.1, -0.05) is 43.8 Å². The van der Waals surface area contributed by atoms with Crippen LogP contribution in [0.15, 0.2) is 42.5 Å². The molecule has 1 aliphatic carbocycles. The number of benzene rings is 1. The van der Waals surface area contributed by atoms with E-state index in [0.717, 1.165) is 24.8 Å². The molecular weight excluding hydrogens is 252 g/mol. The molecular formula is C17H22O3. The van der Waals surface area contributed by atoms with E-state index in [1.165, 1.54) is 0 Å². The Hall–Kier alpha value is -1.61. The molecule has 3 nitrogen and oxygen atoms in total. The Kier molecular flexibility index (Phi) is 4.96. The maximum atomic E-state index is 11.1. The molecule has 0 heterocycles. The number of carboxylic acid groups (broad SMARTS) is 1. The predicted molar refractivity (Wildman–Crippen MR) is 78.3 cm³/mol. The molecule has 0 amide bonds. The van der Waals surface area contributed by atoms with Crippen molar-refractivity contribution in [3.05, 3.63) is 48.0 Å². The molecule has 1 aromatic carbocycles. The summed E-state index contributed by atoms with van der Waals surface area (Å²) >= 11 is 0. The first-order chi connectivity index (χ1) is 9.58. The normalized spacial score (nSPS) is 26.1. The van der Waals surface area contributed by atoms with Gasteiger partial charge < -0.3 is 9.84 Å². The molecule has 1 N–H and O–H groups in total. The quantitative estimate of drug-likeness (QED) is 0.834. The van der Waals surface area contributed by atoms with Gasteiger partial charge in [-0.25, -0.2) is 4.79 Å². The van der Waals surface area contributed by atoms with Gasteiger partial charge in [-0.3, -0.25) is 0 Å². The maximum Gasteiger partial charge on any atom is 0.331 e. The van der Waals surface area contributed by atoms with E-state index in [2.05, 4.69) is 13.5 Å². The molecule has 20 heavy (non-hydrogen) atoms. The van der Waals surface area contributed by atoms with Crippen molar-refractivity contribution in [2.24, 2.45) is 11.8 Å². The average molecular weight is 274 g/mol. The molecule has 3 atom stereocenters. The molecule has 0 spiro atoms. The summed E-state index contributed by atoms with van der Waals surface area (Å²) in [5.41, 5.74) is 1.40. The van der Waals surface area contributed by atoms with E-state index in [9.17, 15) is 4.79 Å². The Morgan fingerprint density at radius 1 is 1.35 bits per heavy atom. The van der Waals surface area contributed by atoms with Gasteiger partial charge in [0.1, 0.15) is 0 Å². The van der Waals surface area contributed by atoms with Crippen molar-refractivity contribution < 1.29 is 14.6 Å². The van der Waals surface area contributed by atoms with Crippen molar-refractivity contribution in [2.75, 3.05) is 0 Å². The number of hydrogen-bond donors (Lipinski definition) is 1. The third-order valence-corrected chi connectivity index (χ3v) is 4.08. The molecule has 0 saturated heterocycles. The molecule has 2 rings (SSSR count). The van der Waals surface area contributed by atoms with Crippen molar-refractivity contribution in [3.63, 3.8) is 0 Å². The van der Waals surface area contributed by atoms with Crippen LogP contribution in [-0.2, 0) is 16.1 Å². The van der Waals surface area contributed by atoms with Crippen molar-refractivity contribution in [1.82, 2.24) is 0 Å². The minimum Gasteiger partial charge on any atom is -0.478 e. The molecule has 3 heteroatoms. The fourth-order valence-electron chi connectivity index (χ4n) is 2.85. The monoisotopic (exact) mass is 274 g/mol. The number of carboxylic acids is 1. The smallest absolute Gasteiger partial charge is 0.331 e. The van der Waals surface area contributed by atoms with Crippen LogP contribution in [0.25, 0.3) is 0 Å². The molecule has 108 valence electrons. The first-order valence-corrected chi connectivity index (χ1v) is 7.15. The number of rotatable bonds is 5. The van der Waals surface area contributed by atoms with Gasteiger partial charge >= 0.3 is 5.97 Å². The highest BCUT2D eigenvalue weighted by atomic mass is 16.5. The minimum absolute atomic E-state index is 0.0393. The van der Waals surface area contributed by atoms with Gasteiger partial charge in [-0.05, 0) is 30.7 Å². The van der Waals surface area contributed by atoms with Crippen LogP contribution < -0.4 is 0 Å². The van der Waals surface area contributed by atoms with Gasteiger partial charge in [-0.2, -0.15) is 0 Å². The number of ether oxygens (including phenoxy) is 1. The van der Waals surface area contributed by atoms with Gasteiger partial charge in [-0.15, -0.1) is 0 Å². The minimum atomic E-state index is -0.905. The molecule has 1 fully saturated rings. The van der Waals surface area contributed by atoms with Gasteiger partial charge in [0.25, 0.3) is 0 Å². The topological polar surface area (TPSA) is 46.5 Å². The zero-order valence-corrected chi connectivity index (χ0v) is 11.9. The second-order valence-corrected chi connectivity index (χ2v) is 5.69. The van der Waals surface area contributed by atoms with Crippen molar-refractivity contribution in [3.8, 4) is 0 Å². The third-order valence-electron chi connectivity index (χ3n) is 4.08. The van der Waals surface area contributed by atoms with Crippen LogP contribution in [0.3, 0.4) is 0 Å². The van der Waals surface area contributed by atoms with Crippen LogP contribution in [0.1, 0.15) is 31.7 Å². The number of carbonyl (C=O) groups is 1. The predicted octanol–water partition coefficient (Wildman–Crippen LogP) is 3.65. The maximum absolute atomic E-state index is 11.1. The van der Waals surface area contributed by atoms with E-state index >= 15 is 0 Å². The second-order valence-electron chi connectivity index (χ2n) is 5.69. The Balaban J connectivity index is 2.01. The fraction of sp³-hybridized carbons (Fsp3) is 0.471. The lowest BCUT2D eigenvalue weighted by Crippen LogP contribution is -2.34. The molecule has 1 aromatic rings. The highest BCUT2D eigenvalue weighted by Crippen LogP contribution is 2.35. The highest BCUT2D eigenvalue weighted by Gasteiger charge is 2.33. The van der Waals surface area contributed by atoms with E-state index in [0.29, 0.717) is 12.5 Å². The Morgan fingerprint density at radius 2 is 2.05 bits per heavy atom. The summed E-state index contributed by atoms with van der Waals surface area (Å²) in [6.45, 7) is 6.45. The Bertz CT molecular complexity index is 466. The summed E-state index contributed by atoms with van der Waals surface area (Å²) in [6.07, 6.45) is 2.76. The lowest BCUT2D eigenvalue weighted by Gasteiger charge is -2.34. The standard InChI is InChI=1S/C17H22O3/c1-12-8-9-15(13(2)17(18)19)16(10-12)20-11-14-6-4-3-5-7-14/h3-7,12,15-16H,2,8-11H2,1H3,(H,18,19)/t12-,15+,16-/m1/s1. The van der Waals surface area contributed by atoms with Gasteiger partial charge in [0.05, 0.1) is 12.7 Å². The summed E-state index contributed by atoms with van der Waals surface area (Å²) in [5, 5.41) is 9.15. The largest absolute Gasteiger partial charge is 0.478 e. The molecule has 0 bridgehead atoms. The van der Waals surface area contributed by atoms with E-state index in [1.54, 1.807) is 0 Å². The van der Waals surface area contributed by atoms with Gasteiger partial charge in [0.15, 0.2) is 0 Å². The zero-order valence-electron chi connectivity index (χ0n) is 11.9. The zero-order chi connectivity index (χ0) is 14.5. The van der Waals surface area contributed by atoms with Crippen LogP contribution in [0.4, 0.5) is 0 Å².